The summed E-state index contributed by atoms with van der Waals surface area (Å²) < 4.78 is 6.68. The zero-order valence-electron chi connectivity index (χ0n) is 28.1. The van der Waals surface area contributed by atoms with Crippen molar-refractivity contribution < 1.29 is 4.42 Å². The second-order valence-corrected chi connectivity index (χ2v) is 13.8. The summed E-state index contributed by atoms with van der Waals surface area (Å²) in [6.07, 6.45) is 28.6. The third-order valence-corrected chi connectivity index (χ3v) is 10.6. The van der Waals surface area contributed by atoms with Gasteiger partial charge in [-0.1, -0.05) is 91.9 Å². The van der Waals surface area contributed by atoms with Crippen LogP contribution in [0.1, 0.15) is 36.7 Å². The summed E-state index contributed by atoms with van der Waals surface area (Å²) in [6, 6.07) is 30.9. The lowest BCUT2D eigenvalue weighted by Crippen LogP contribution is -2.37. The third kappa shape index (κ3) is 5.31. The van der Waals surface area contributed by atoms with Crippen molar-refractivity contribution in [2.75, 3.05) is 4.90 Å². The molecule has 4 aliphatic carbocycles. The van der Waals surface area contributed by atoms with E-state index in [4.69, 9.17) is 4.42 Å². The molecule has 3 atom stereocenters. The Bertz CT molecular complexity index is 2310. The first-order valence-electron chi connectivity index (χ1n) is 17.6. The van der Waals surface area contributed by atoms with Gasteiger partial charge in [-0.2, -0.15) is 0 Å². The van der Waals surface area contributed by atoms with Crippen LogP contribution in [-0.2, 0) is 6.42 Å². The van der Waals surface area contributed by atoms with Gasteiger partial charge >= 0.3 is 0 Å². The topological polar surface area (TPSA) is 19.6 Å². The Balaban J connectivity index is 1.10. The van der Waals surface area contributed by atoms with Crippen molar-refractivity contribution in [2.45, 2.75) is 39.2 Å². The Morgan fingerprint density at radius 1 is 0.735 bits per heavy atom. The van der Waals surface area contributed by atoms with Crippen LogP contribution in [0.4, 0.5) is 17.1 Å². The Labute approximate surface area is 288 Å². The standard InChI is InChI=1S/C46H40N2O/c1-31-13-9-11-19-43(31)47(37-15-5-3-6-16-37)39-23-21-33-27-41-42-28-34-22-24-40(26-36(34)30-46(42)49-45(41)29-35(33)25-39)48(38-17-7-4-8-18-38)44-20-12-10-14-32(44)2/h3,5-7,9-27,29-30,32,34,44H,4,8,28H2,1-2H3. The van der Waals surface area contributed by atoms with Gasteiger partial charge in [0.25, 0.3) is 0 Å². The van der Waals surface area contributed by atoms with Crippen LogP contribution in [0.3, 0.4) is 0 Å². The molecule has 0 N–H and O–H groups in total. The molecular weight excluding hydrogens is 597 g/mol. The van der Waals surface area contributed by atoms with E-state index >= 15 is 0 Å². The van der Waals surface area contributed by atoms with Crippen molar-refractivity contribution in [1.82, 2.24) is 4.90 Å². The molecule has 3 heteroatoms. The molecule has 1 aromatic heterocycles. The molecule has 49 heavy (non-hydrogen) atoms. The minimum absolute atomic E-state index is 0.276. The van der Waals surface area contributed by atoms with Gasteiger partial charge in [-0.3, -0.25) is 0 Å². The molecule has 5 aromatic rings. The Morgan fingerprint density at radius 3 is 2.43 bits per heavy atom. The van der Waals surface area contributed by atoms with E-state index in [1.807, 2.05) is 0 Å². The fourth-order valence-corrected chi connectivity index (χ4v) is 7.99. The van der Waals surface area contributed by atoms with Crippen molar-refractivity contribution in [2.24, 2.45) is 11.8 Å². The second-order valence-electron chi connectivity index (χ2n) is 13.8. The van der Waals surface area contributed by atoms with Crippen LogP contribution in [-0.4, -0.2) is 10.9 Å². The number of hydrogen-bond donors (Lipinski definition) is 0. The van der Waals surface area contributed by atoms with E-state index in [1.165, 1.54) is 49.9 Å². The first-order valence-corrected chi connectivity index (χ1v) is 17.6. The smallest absolute Gasteiger partial charge is 0.135 e. The average molecular weight is 637 g/mol. The third-order valence-electron chi connectivity index (χ3n) is 10.6. The van der Waals surface area contributed by atoms with Crippen LogP contribution in [0.2, 0.25) is 0 Å². The zero-order valence-corrected chi connectivity index (χ0v) is 28.1. The molecule has 4 aliphatic rings. The number of para-hydroxylation sites is 2. The SMILES string of the molecule is Cc1ccccc1N(c1ccccc1)c1ccc2cc3c4c(oc3cc2c1)C=C1C=C(N(C2=CCCC=C2)C2C=CC=CC2C)C=CC1C4. The molecule has 0 aliphatic heterocycles. The van der Waals surface area contributed by atoms with Gasteiger partial charge in [-0.05, 0) is 121 Å². The van der Waals surface area contributed by atoms with Crippen molar-refractivity contribution >= 4 is 44.9 Å². The summed E-state index contributed by atoms with van der Waals surface area (Å²) in [5, 5.41) is 3.62. The van der Waals surface area contributed by atoms with Crippen molar-refractivity contribution in [3.8, 4) is 0 Å². The van der Waals surface area contributed by atoms with E-state index in [1.54, 1.807) is 0 Å². The molecule has 9 rings (SSSR count). The largest absolute Gasteiger partial charge is 0.456 e. The van der Waals surface area contributed by atoms with E-state index in [0.29, 0.717) is 11.8 Å². The first kappa shape index (κ1) is 29.6. The van der Waals surface area contributed by atoms with Gasteiger partial charge in [-0.25, -0.2) is 0 Å². The van der Waals surface area contributed by atoms with Gasteiger partial charge in [-0.15, -0.1) is 0 Å². The number of rotatable bonds is 6. The molecule has 0 fully saturated rings. The number of anilines is 3. The monoisotopic (exact) mass is 636 g/mol. The van der Waals surface area contributed by atoms with Gasteiger partial charge in [0, 0.05) is 45.3 Å². The van der Waals surface area contributed by atoms with Crippen LogP contribution in [0.25, 0.3) is 27.8 Å². The molecule has 0 saturated carbocycles. The number of allylic oxidation sites excluding steroid dienone is 9. The summed E-state index contributed by atoms with van der Waals surface area (Å²) in [5.41, 5.74) is 10.8. The quantitative estimate of drug-likeness (QED) is 0.185. The predicted molar refractivity (Wildman–Crippen MR) is 205 cm³/mol. The average Bonchev–Trinajstić information content (AvgIpc) is 3.48. The maximum Gasteiger partial charge on any atom is 0.135 e. The molecule has 3 nitrogen and oxygen atoms in total. The number of nitrogens with zero attached hydrogens (tertiary/aromatic N) is 2. The highest BCUT2D eigenvalue weighted by Gasteiger charge is 2.30. The van der Waals surface area contributed by atoms with Crippen LogP contribution in [0, 0.1) is 18.8 Å². The van der Waals surface area contributed by atoms with E-state index in [2.05, 4.69) is 175 Å². The van der Waals surface area contributed by atoms with Crippen molar-refractivity contribution in [3.05, 3.63) is 180 Å². The minimum atomic E-state index is 0.276. The van der Waals surface area contributed by atoms with E-state index in [0.717, 1.165) is 42.0 Å². The van der Waals surface area contributed by atoms with Crippen LogP contribution < -0.4 is 4.90 Å². The first-order chi connectivity index (χ1) is 24.1. The van der Waals surface area contributed by atoms with E-state index < -0.39 is 0 Å². The number of furan rings is 1. The molecular formula is C46H40N2O. The van der Waals surface area contributed by atoms with Crippen LogP contribution in [0.15, 0.2) is 167 Å². The summed E-state index contributed by atoms with van der Waals surface area (Å²) in [6.45, 7) is 4.49. The molecule has 0 saturated heterocycles. The summed E-state index contributed by atoms with van der Waals surface area (Å²) in [5.74, 6) is 1.74. The van der Waals surface area contributed by atoms with Gasteiger partial charge in [0.05, 0.1) is 6.04 Å². The molecule has 4 aromatic carbocycles. The van der Waals surface area contributed by atoms with E-state index in [9.17, 15) is 0 Å². The van der Waals surface area contributed by atoms with Crippen LogP contribution in [0.5, 0.6) is 0 Å². The maximum atomic E-state index is 6.68. The Morgan fingerprint density at radius 2 is 1.59 bits per heavy atom. The lowest BCUT2D eigenvalue weighted by atomic mass is 9.81. The summed E-state index contributed by atoms with van der Waals surface area (Å²) >= 11 is 0. The fourth-order valence-electron chi connectivity index (χ4n) is 7.99. The molecule has 0 spiro atoms. The maximum absolute atomic E-state index is 6.68. The highest BCUT2D eigenvalue weighted by molar-refractivity contribution is 6.01. The number of aryl methyl sites for hydroxylation is 1. The zero-order chi connectivity index (χ0) is 32.9. The highest BCUT2D eigenvalue weighted by Crippen LogP contribution is 2.43. The lowest BCUT2D eigenvalue weighted by Gasteiger charge is -2.39. The number of hydrogen-bond acceptors (Lipinski definition) is 3. The molecule has 1 heterocycles. The normalized spacial score (nSPS) is 20.9. The number of fused-ring (bicyclic) bond motifs is 5. The van der Waals surface area contributed by atoms with Gasteiger partial charge in [0.15, 0.2) is 0 Å². The summed E-state index contributed by atoms with van der Waals surface area (Å²) in [7, 11) is 0. The van der Waals surface area contributed by atoms with Crippen LogP contribution >= 0.6 is 0 Å². The van der Waals surface area contributed by atoms with E-state index in [-0.39, 0.29) is 6.04 Å². The van der Waals surface area contributed by atoms with Gasteiger partial charge in [0.2, 0.25) is 0 Å². The molecule has 0 radical (unpaired) electrons. The molecule has 240 valence electrons. The predicted octanol–water partition coefficient (Wildman–Crippen LogP) is 12.0. The Hall–Kier alpha value is -5.54. The molecule has 3 unspecified atom stereocenters. The fraction of sp³-hybridized carbons (Fsp3) is 0.174. The Kier molecular flexibility index (Phi) is 7.35. The van der Waals surface area contributed by atoms with Crippen molar-refractivity contribution in [3.63, 3.8) is 0 Å². The lowest BCUT2D eigenvalue weighted by molar-refractivity contribution is 0.324. The highest BCUT2D eigenvalue weighted by atomic mass is 16.3. The van der Waals surface area contributed by atoms with Gasteiger partial charge < -0.3 is 14.2 Å². The number of benzene rings is 4. The summed E-state index contributed by atoms with van der Waals surface area (Å²) in [4.78, 5) is 4.88. The minimum Gasteiger partial charge on any atom is -0.456 e. The van der Waals surface area contributed by atoms with Crippen molar-refractivity contribution in [1.29, 1.82) is 0 Å². The second kappa shape index (κ2) is 12.2. The molecule has 0 amide bonds. The van der Waals surface area contributed by atoms with Gasteiger partial charge in [0.1, 0.15) is 11.3 Å². The molecule has 0 bridgehead atoms.